The SMILES string of the molecule is CC1CN(CC2CCC2)CCC1N. The van der Waals surface area contributed by atoms with Crippen LogP contribution in [-0.4, -0.2) is 30.6 Å². The van der Waals surface area contributed by atoms with E-state index in [-0.39, 0.29) is 0 Å². The molecule has 0 spiro atoms. The van der Waals surface area contributed by atoms with Crippen LogP contribution in [-0.2, 0) is 0 Å². The van der Waals surface area contributed by atoms with E-state index >= 15 is 0 Å². The van der Waals surface area contributed by atoms with Gasteiger partial charge in [0, 0.05) is 19.1 Å². The second kappa shape index (κ2) is 3.97. The van der Waals surface area contributed by atoms with Gasteiger partial charge in [-0.05, 0) is 37.6 Å². The quantitative estimate of drug-likeness (QED) is 0.700. The number of nitrogens with two attached hydrogens (primary N) is 1. The normalized spacial score (nSPS) is 37.4. The van der Waals surface area contributed by atoms with Gasteiger partial charge in [-0.1, -0.05) is 13.3 Å². The Bertz CT molecular complexity index is 163. The average Bonchev–Trinajstić information content (AvgIpc) is 2.04. The molecule has 2 unspecified atom stereocenters. The summed E-state index contributed by atoms with van der Waals surface area (Å²) in [4.78, 5) is 2.62. The van der Waals surface area contributed by atoms with Crippen molar-refractivity contribution in [1.29, 1.82) is 0 Å². The van der Waals surface area contributed by atoms with Crippen molar-refractivity contribution in [2.75, 3.05) is 19.6 Å². The first-order valence-corrected chi connectivity index (χ1v) is 5.73. The fourth-order valence-corrected chi connectivity index (χ4v) is 2.46. The third kappa shape index (κ3) is 2.23. The highest BCUT2D eigenvalue weighted by molar-refractivity contribution is 4.82. The summed E-state index contributed by atoms with van der Waals surface area (Å²) in [6.45, 7) is 6.11. The molecule has 1 saturated carbocycles. The topological polar surface area (TPSA) is 29.3 Å². The Labute approximate surface area is 81.5 Å². The molecule has 2 heteroatoms. The maximum Gasteiger partial charge on any atom is 0.00889 e. The van der Waals surface area contributed by atoms with E-state index in [1.54, 1.807) is 0 Å². The zero-order chi connectivity index (χ0) is 9.26. The molecule has 1 saturated heterocycles. The summed E-state index contributed by atoms with van der Waals surface area (Å²) in [5.41, 5.74) is 5.99. The van der Waals surface area contributed by atoms with Crippen LogP contribution in [0.5, 0.6) is 0 Å². The molecule has 1 aliphatic carbocycles. The van der Waals surface area contributed by atoms with Crippen molar-refractivity contribution in [2.45, 2.75) is 38.6 Å². The van der Waals surface area contributed by atoms with E-state index in [9.17, 15) is 0 Å². The van der Waals surface area contributed by atoms with Crippen LogP contribution in [0, 0.1) is 11.8 Å². The van der Waals surface area contributed by atoms with E-state index in [1.807, 2.05) is 0 Å². The molecule has 1 aliphatic heterocycles. The van der Waals surface area contributed by atoms with Gasteiger partial charge >= 0.3 is 0 Å². The Balaban J connectivity index is 1.74. The van der Waals surface area contributed by atoms with Crippen molar-refractivity contribution in [3.8, 4) is 0 Å². The first-order valence-electron chi connectivity index (χ1n) is 5.73. The summed E-state index contributed by atoms with van der Waals surface area (Å²) >= 11 is 0. The number of hydrogen-bond acceptors (Lipinski definition) is 2. The lowest BCUT2D eigenvalue weighted by Gasteiger charge is -2.39. The van der Waals surface area contributed by atoms with Crippen LogP contribution in [0.2, 0.25) is 0 Å². The predicted molar refractivity (Wildman–Crippen MR) is 55.5 cm³/mol. The third-order valence-corrected chi connectivity index (χ3v) is 3.80. The zero-order valence-corrected chi connectivity index (χ0v) is 8.71. The summed E-state index contributed by atoms with van der Waals surface area (Å²) < 4.78 is 0. The minimum Gasteiger partial charge on any atom is -0.327 e. The van der Waals surface area contributed by atoms with Gasteiger partial charge in [0.15, 0.2) is 0 Å². The Morgan fingerprint density at radius 3 is 2.62 bits per heavy atom. The number of rotatable bonds is 2. The molecule has 2 rings (SSSR count). The minimum absolute atomic E-state index is 0.456. The summed E-state index contributed by atoms with van der Waals surface area (Å²) in [6.07, 6.45) is 5.61. The maximum atomic E-state index is 5.99. The van der Waals surface area contributed by atoms with Gasteiger partial charge in [0.05, 0.1) is 0 Å². The zero-order valence-electron chi connectivity index (χ0n) is 8.71. The predicted octanol–water partition coefficient (Wildman–Crippen LogP) is 1.46. The molecule has 2 aliphatic rings. The highest BCUT2D eigenvalue weighted by atomic mass is 15.1. The lowest BCUT2D eigenvalue weighted by atomic mass is 9.84. The molecule has 0 bridgehead atoms. The standard InChI is InChI=1S/C11H22N2/c1-9-7-13(6-5-11(9)12)8-10-3-2-4-10/h9-11H,2-8,12H2,1H3. The summed E-state index contributed by atoms with van der Waals surface area (Å²) in [6, 6.07) is 0.456. The molecule has 0 amide bonds. The van der Waals surface area contributed by atoms with E-state index in [4.69, 9.17) is 5.73 Å². The second-order valence-electron chi connectivity index (χ2n) is 4.99. The minimum atomic E-state index is 0.456. The van der Waals surface area contributed by atoms with Gasteiger partial charge in [0.1, 0.15) is 0 Å². The van der Waals surface area contributed by atoms with Gasteiger partial charge in [0.25, 0.3) is 0 Å². The monoisotopic (exact) mass is 182 g/mol. The number of likely N-dealkylation sites (tertiary alicyclic amines) is 1. The molecule has 2 atom stereocenters. The fourth-order valence-electron chi connectivity index (χ4n) is 2.46. The number of nitrogens with zero attached hydrogens (tertiary/aromatic N) is 1. The summed E-state index contributed by atoms with van der Waals surface area (Å²) in [5, 5.41) is 0. The molecule has 76 valence electrons. The Hall–Kier alpha value is -0.0800. The number of piperidine rings is 1. The van der Waals surface area contributed by atoms with Crippen molar-refractivity contribution in [2.24, 2.45) is 17.6 Å². The molecule has 0 aromatic carbocycles. The largest absolute Gasteiger partial charge is 0.327 e. The van der Waals surface area contributed by atoms with Crippen LogP contribution in [0.15, 0.2) is 0 Å². The van der Waals surface area contributed by atoms with Gasteiger partial charge in [-0.15, -0.1) is 0 Å². The lowest BCUT2D eigenvalue weighted by Crippen LogP contribution is -2.47. The van der Waals surface area contributed by atoms with Gasteiger partial charge in [0.2, 0.25) is 0 Å². The van der Waals surface area contributed by atoms with Gasteiger partial charge in [-0.2, -0.15) is 0 Å². The van der Waals surface area contributed by atoms with Crippen LogP contribution in [0.3, 0.4) is 0 Å². The highest BCUT2D eigenvalue weighted by Crippen LogP contribution is 2.28. The maximum absolute atomic E-state index is 5.99. The van der Waals surface area contributed by atoms with E-state index in [2.05, 4.69) is 11.8 Å². The average molecular weight is 182 g/mol. The van der Waals surface area contributed by atoms with Gasteiger partial charge in [-0.25, -0.2) is 0 Å². The van der Waals surface area contributed by atoms with Crippen LogP contribution >= 0.6 is 0 Å². The van der Waals surface area contributed by atoms with Crippen LogP contribution in [0.4, 0.5) is 0 Å². The Kier molecular flexibility index (Phi) is 2.89. The highest BCUT2D eigenvalue weighted by Gasteiger charge is 2.26. The summed E-state index contributed by atoms with van der Waals surface area (Å²) in [7, 11) is 0. The third-order valence-electron chi connectivity index (χ3n) is 3.80. The van der Waals surface area contributed by atoms with Crippen molar-refractivity contribution < 1.29 is 0 Å². The fraction of sp³-hybridized carbons (Fsp3) is 1.00. The van der Waals surface area contributed by atoms with Gasteiger partial charge < -0.3 is 10.6 Å². The second-order valence-corrected chi connectivity index (χ2v) is 4.99. The molecular formula is C11H22N2. The molecule has 0 aromatic rings. The van der Waals surface area contributed by atoms with Gasteiger partial charge in [-0.3, -0.25) is 0 Å². The molecule has 2 nitrogen and oxygen atoms in total. The van der Waals surface area contributed by atoms with E-state index in [0.717, 1.165) is 5.92 Å². The van der Waals surface area contributed by atoms with E-state index in [1.165, 1.54) is 45.3 Å². The summed E-state index contributed by atoms with van der Waals surface area (Å²) in [5.74, 6) is 1.72. The molecule has 1 heterocycles. The number of hydrogen-bond donors (Lipinski definition) is 1. The molecule has 0 aromatic heterocycles. The molecule has 2 fully saturated rings. The lowest BCUT2D eigenvalue weighted by molar-refractivity contribution is 0.118. The molecule has 2 N–H and O–H groups in total. The van der Waals surface area contributed by atoms with Crippen molar-refractivity contribution in [1.82, 2.24) is 4.90 Å². The molecule has 0 radical (unpaired) electrons. The Morgan fingerprint density at radius 2 is 2.08 bits per heavy atom. The van der Waals surface area contributed by atoms with Crippen molar-refractivity contribution >= 4 is 0 Å². The molecule has 13 heavy (non-hydrogen) atoms. The Morgan fingerprint density at radius 1 is 1.31 bits per heavy atom. The van der Waals surface area contributed by atoms with Crippen LogP contribution in [0.25, 0.3) is 0 Å². The van der Waals surface area contributed by atoms with E-state index in [0.29, 0.717) is 12.0 Å². The first-order chi connectivity index (χ1) is 6.25. The molecular weight excluding hydrogens is 160 g/mol. The van der Waals surface area contributed by atoms with Crippen LogP contribution in [0.1, 0.15) is 32.6 Å². The van der Waals surface area contributed by atoms with E-state index < -0.39 is 0 Å². The van der Waals surface area contributed by atoms with Crippen molar-refractivity contribution in [3.05, 3.63) is 0 Å². The smallest absolute Gasteiger partial charge is 0.00889 e. The van der Waals surface area contributed by atoms with Crippen molar-refractivity contribution in [3.63, 3.8) is 0 Å². The van der Waals surface area contributed by atoms with Crippen LogP contribution < -0.4 is 5.73 Å². The first kappa shape index (κ1) is 9.47.